The van der Waals surface area contributed by atoms with Crippen molar-refractivity contribution < 1.29 is 14.5 Å². The van der Waals surface area contributed by atoms with Gasteiger partial charge < -0.3 is 10.1 Å². The summed E-state index contributed by atoms with van der Waals surface area (Å²) in [6.45, 7) is 4.47. The molecular weight excluding hydrogens is 434 g/mol. The number of benzene rings is 2. The van der Waals surface area contributed by atoms with E-state index in [4.69, 9.17) is 17.0 Å². The van der Waals surface area contributed by atoms with E-state index >= 15 is 0 Å². The second-order valence-electron chi connectivity index (χ2n) is 6.03. The van der Waals surface area contributed by atoms with Gasteiger partial charge in [-0.15, -0.1) is 0 Å². The van der Waals surface area contributed by atoms with E-state index in [1.807, 2.05) is 13.8 Å². The monoisotopic (exact) mass is 451 g/mol. The summed E-state index contributed by atoms with van der Waals surface area (Å²) in [5, 5.41) is 16.2. The number of anilines is 1. The van der Waals surface area contributed by atoms with E-state index < -0.39 is 10.8 Å². The van der Waals surface area contributed by atoms with Gasteiger partial charge in [-0.3, -0.25) is 20.2 Å². The first-order valence-electron chi connectivity index (χ1n) is 8.06. The topological polar surface area (TPSA) is 93.5 Å². The van der Waals surface area contributed by atoms with Gasteiger partial charge in [-0.05, 0) is 42.4 Å². The minimum atomic E-state index is -0.529. The molecule has 2 rings (SSSR count). The lowest BCUT2D eigenvalue weighted by Gasteiger charge is -2.14. The van der Waals surface area contributed by atoms with Crippen LogP contribution in [0.5, 0.6) is 5.75 Å². The summed E-state index contributed by atoms with van der Waals surface area (Å²) in [6.07, 6.45) is 0. The predicted octanol–water partition coefficient (Wildman–Crippen LogP) is 4.52. The Balaban J connectivity index is 2.14. The lowest BCUT2D eigenvalue weighted by atomic mass is 10.2. The maximum atomic E-state index is 12.6. The summed E-state index contributed by atoms with van der Waals surface area (Å²) in [5.74, 6) is 0.245. The second-order valence-corrected chi connectivity index (χ2v) is 7.35. The van der Waals surface area contributed by atoms with Crippen LogP contribution in [0.1, 0.15) is 24.2 Å². The molecule has 0 fully saturated rings. The van der Waals surface area contributed by atoms with Crippen molar-refractivity contribution in [2.75, 3.05) is 11.9 Å². The minimum absolute atomic E-state index is 0.0518. The van der Waals surface area contributed by atoms with Crippen molar-refractivity contribution in [3.63, 3.8) is 0 Å². The first-order chi connectivity index (χ1) is 12.8. The smallest absolute Gasteiger partial charge is 0.292 e. The standard InChI is InChI=1S/C18H18BrN3O4S/c1-11(2)10-26-16-8-7-12(19)9-13(16)17(23)21-18(27)20-14-5-3-4-6-15(14)22(24)25/h3-9,11H,10H2,1-2H3,(H2,20,21,23,27). The van der Waals surface area contributed by atoms with Crippen LogP contribution in [-0.4, -0.2) is 22.5 Å². The molecule has 2 aromatic carbocycles. The first-order valence-corrected chi connectivity index (χ1v) is 9.26. The molecule has 0 saturated heterocycles. The maximum absolute atomic E-state index is 12.6. The van der Waals surface area contributed by atoms with Crippen molar-refractivity contribution in [3.8, 4) is 5.75 Å². The van der Waals surface area contributed by atoms with E-state index in [1.54, 1.807) is 30.3 Å². The molecule has 0 heterocycles. The fourth-order valence-electron chi connectivity index (χ4n) is 2.12. The fourth-order valence-corrected chi connectivity index (χ4v) is 2.69. The molecule has 2 aromatic rings. The molecule has 9 heteroatoms. The molecule has 27 heavy (non-hydrogen) atoms. The summed E-state index contributed by atoms with van der Waals surface area (Å²) < 4.78 is 6.40. The molecule has 142 valence electrons. The van der Waals surface area contributed by atoms with Gasteiger partial charge in [0.2, 0.25) is 0 Å². The Bertz CT molecular complexity index is 873. The van der Waals surface area contributed by atoms with Crippen molar-refractivity contribution >= 4 is 50.5 Å². The average Bonchev–Trinajstić information content (AvgIpc) is 2.60. The van der Waals surface area contributed by atoms with Gasteiger partial charge in [0.05, 0.1) is 17.1 Å². The number of rotatable bonds is 6. The molecule has 0 spiro atoms. The summed E-state index contributed by atoms with van der Waals surface area (Å²) in [6, 6.07) is 11.1. The summed E-state index contributed by atoms with van der Waals surface area (Å²) >= 11 is 8.45. The number of nitro benzene ring substituents is 1. The molecule has 0 saturated carbocycles. The first kappa shape index (κ1) is 20.8. The number of hydrogen-bond donors (Lipinski definition) is 2. The summed E-state index contributed by atoms with van der Waals surface area (Å²) in [5.41, 5.74) is 0.354. The van der Waals surface area contributed by atoms with Gasteiger partial charge >= 0.3 is 0 Å². The van der Waals surface area contributed by atoms with Gasteiger partial charge in [0.1, 0.15) is 11.4 Å². The van der Waals surface area contributed by atoms with E-state index in [0.717, 1.165) is 0 Å². The number of carbonyl (C=O) groups excluding carboxylic acids is 1. The van der Waals surface area contributed by atoms with Gasteiger partial charge in [0, 0.05) is 10.5 Å². The Kier molecular flexibility index (Phi) is 7.26. The van der Waals surface area contributed by atoms with Crippen molar-refractivity contribution in [2.24, 2.45) is 5.92 Å². The summed E-state index contributed by atoms with van der Waals surface area (Å²) in [7, 11) is 0. The Morgan fingerprint density at radius 1 is 1.30 bits per heavy atom. The van der Waals surface area contributed by atoms with Crippen LogP contribution in [0.4, 0.5) is 11.4 Å². The third-order valence-electron chi connectivity index (χ3n) is 3.33. The Hall–Kier alpha value is -2.52. The van der Waals surface area contributed by atoms with Crippen LogP contribution in [0.25, 0.3) is 0 Å². The molecule has 0 aliphatic rings. The number of amides is 1. The Labute approximate surface area is 170 Å². The minimum Gasteiger partial charge on any atom is -0.492 e. The van der Waals surface area contributed by atoms with E-state index in [-0.39, 0.29) is 16.5 Å². The van der Waals surface area contributed by atoms with Crippen molar-refractivity contribution in [1.82, 2.24) is 5.32 Å². The highest BCUT2D eigenvalue weighted by atomic mass is 79.9. The quantitative estimate of drug-likeness (QED) is 0.380. The van der Waals surface area contributed by atoms with Crippen LogP contribution < -0.4 is 15.4 Å². The van der Waals surface area contributed by atoms with E-state index in [9.17, 15) is 14.9 Å². The van der Waals surface area contributed by atoms with Crippen LogP contribution in [0, 0.1) is 16.0 Å². The zero-order valence-electron chi connectivity index (χ0n) is 14.7. The van der Waals surface area contributed by atoms with Crippen LogP contribution in [0.3, 0.4) is 0 Å². The third-order valence-corrected chi connectivity index (χ3v) is 4.03. The number of hydrogen-bond acceptors (Lipinski definition) is 5. The number of nitrogens with zero attached hydrogens (tertiary/aromatic N) is 1. The Morgan fingerprint density at radius 3 is 2.67 bits per heavy atom. The number of carbonyl (C=O) groups is 1. The molecule has 0 aliphatic carbocycles. The van der Waals surface area contributed by atoms with E-state index in [2.05, 4.69) is 26.6 Å². The number of ether oxygens (including phenoxy) is 1. The van der Waals surface area contributed by atoms with Crippen LogP contribution in [0.15, 0.2) is 46.9 Å². The second kappa shape index (κ2) is 9.43. The highest BCUT2D eigenvalue weighted by Gasteiger charge is 2.17. The van der Waals surface area contributed by atoms with E-state index in [1.165, 1.54) is 12.1 Å². The lowest BCUT2D eigenvalue weighted by Crippen LogP contribution is -2.34. The number of nitrogens with one attached hydrogen (secondary N) is 2. The van der Waals surface area contributed by atoms with Crippen molar-refractivity contribution in [2.45, 2.75) is 13.8 Å². The zero-order valence-corrected chi connectivity index (χ0v) is 17.1. The molecule has 0 bridgehead atoms. The number of nitro groups is 1. The molecule has 0 unspecified atom stereocenters. The largest absolute Gasteiger partial charge is 0.492 e. The maximum Gasteiger partial charge on any atom is 0.292 e. The van der Waals surface area contributed by atoms with Crippen LogP contribution in [0.2, 0.25) is 0 Å². The average molecular weight is 452 g/mol. The number of para-hydroxylation sites is 2. The zero-order chi connectivity index (χ0) is 20.0. The molecule has 2 N–H and O–H groups in total. The van der Waals surface area contributed by atoms with Gasteiger partial charge in [-0.25, -0.2) is 0 Å². The van der Waals surface area contributed by atoms with Gasteiger partial charge in [-0.2, -0.15) is 0 Å². The summed E-state index contributed by atoms with van der Waals surface area (Å²) in [4.78, 5) is 23.1. The fraction of sp³-hybridized carbons (Fsp3) is 0.222. The third kappa shape index (κ3) is 6.00. The molecule has 0 atom stereocenters. The van der Waals surface area contributed by atoms with Gasteiger partial charge in [0.25, 0.3) is 11.6 Å². The normalized spacial score (nSPS) is 10.4. The number of thiocarbonyl (C=S) groups is 1. The van der Waals surface area contributed by atoms with Gasteiger partial charge in [0.15, 0.2) is 5.11 Å². The Morgan fingerprint density at radius 2 is 2.00 bits per heavy atom. The highest BCUT2D eigenvalue weighted by molar-refractivity contribution is 9.10. The molecule has 1 amide bonds. The van der Waals surface area contributed by atoms with Crippen molar-refractivity contribution in [3.05, 3.63) is 62.6 Å². The molecular formula is C18H18BrN3O4S. The molecule has 0 aromatic heterocycles. The predicted molar refractivity (Wildman–Crippen MR) is 111 cm³/mol. The lowest BCUT2D eigenvalue weighted by molar-refractivity contribution is -0.383. The SMILES string of the molecule is CC(C)COc1ccc(Br)cc1C(=O)NC(=S)Nc1ccccc1[N+](=O)[O-]. The van der Waals surface area contributed by atoms with E-state index in [0.29, 0.717) is 28.3 Å². The molecule has 0 aliphatic heterocycles. The van der Waals surface area contributed by atoms with Gasteiger partial charge in [-0.1, -0.05) is 41.9 Å². The molecule has 0 radical (unpaired) electrons. The highest BCUT2D eigenvalue weighted by Crippen LogP contribution is 2.25. The van der Waals surface area contributed by atoms with Crippen molar-refractivity contribution in [1.29, 1.82) is 0 Å². The van der Waals surface area contributed by atoms with Crippen LogP contribution >= 0.6 is 28.1 Å². The van der Waals surface area contributed by atoms with Crippen LogP contribution in [-0.2, 0) is 0 Å². The molecule has 7 nitrogen and oxygen atoms in total. The number of halogens is 1.